The second-order valence-corrected chi connectivity index (χ2v) is 8.31. The van der Waals surface area contributed by atoms with Crippen LogP contribution < -0.4 is 0 Å². The van der Waals surface area contributed by atoms with Crippen molar-refractivity contribution in [2.24, 2.45) is 0 Å². The average molecular weight is 305 g/mol. The highest BCUT2D eigenvalue weighted by Crippen LogP contribution is 2.41. The van der Waals surface area contributed by atoms with E-state index in [1.807, 2.05) is 0 Å². The second kappa shape index (κ2) is 5.88. The van der Waals surface area contributed by atoms with E-state index < -0.39 is 10.2 Å². The van der Waals surface area contributed by atoms with Crippen LogP contribution in [0.1, 0.15) is 25.7 Å². The maximum absolute atomic E-state index is 12.2. The van der Waals surface area contributed by atoms with Gasteiger partial charge in [0.1, 0.15) is 0 Å². The van der Waals surface area contributed by atoms with Crippen molar-refractivity contribution < 1.29 is 13.2 Å². The molecule has 2 fully saturated rings. The summed E-state index contributed by atoms with van der Waals surface area (Å²) in [6.45, 7) is 1.99. The minimum Gasteiger partial charge on any atom is -0.383 e. The zero-order chi connectivity index (χ0) is 15.0. The monoisotopic (exact) mass is 305 g/mol. The number of methoxy groups -OCH3 is 1. The quantitative estimate of drug-likeness (QED) is 0.753. The number of rotatable bonds is 4. The minimum atomic E-state index is -3.26. The SMILES string of the molecule is COC[C@@H]1CCC2(CCN(S(=O)(=O)N(C)C)CC2)N1C. The molecule has 2 heterocycles. The van der Waals surface area contributed by atoms with Crippen LogP contribution in [0.4, 0.5) is 0 Å². The molecule has 0 saturated carbocycles. The summed E-state index contributed by atoms with van der Waals surface area (Å²) in [5, 5.41) is 0. The van der Waals surface area contributed by atoms with Crippen LogP contribution in [0.15, 0.2) is 0 Å². The molecule has 0 N–H and O–H groups in total. The van der Waals surface area contributed by atoms with E-state index in [1.165, 1.54) is 4.31 Å². The van der Waals surface area contributed by atoms with Gasteiger partial charge >= 0.3 is 0 Å². The largest absolute Gasteiger partial charge is 0.383 e. The van der Waals surface area contributed by atoms with Crippen LogP contribution in [0.25, 0.3) is 0 Å². The van der Waals surface area contributed by atoms with E-state index in [0.717, 1.165) is 32.3 Å². The Morgan fingerprint density at radius 1 is 1.25 bits per heavy atom. The molecule has 2 aliphatic rings. The molecule has 6 nitrogen and oxygen atoms in total. The number of likely N-dealkylation sites (tertiary alicyclic amines) is 1. The predicted molar refractivity (Wildman–Crippen MR) is 78.8 cm³/mol. The Hall–Kier alpha value is -0.210. The molecule has 0 aromatic rings. The smallest absolute Gasteiger partial charge is 0.281 e. The molecule has 118 valence electrons. The Morgan fingerprint density at radius 3 is 2.35 bits per heavy atom. The molecule has 0 amide bonds. The standard InChI is InChI=1S/C13H27N3O3S/c1-14(2)20(17,18)16-9-7-13(8-10-16)6-5-12(11-19-4)15(13)3/h12H,5-11H2,1-4H3/t12-/m0/s1. The average Bonchev–Trinajstić information content (AvgIpc) is 2.69. The summed E-state index contributed by atoms with van der Waals surface area (Å²) in [6, 6.07) is 0.469. The van der Waals surface area contributed by atoms with Crippen molar-refractivity contribution in [1.29, 1.82) is 0 Å². The molecule has 2 rings (SSSR count). The molecule has 0 aliphatic carbocycles. The number of nitrogens with zero attached hydrogens (tertiary/aromatic N) is 3. The van der Waals surface area contributed by atoms with E-state index in [-0.39, 0.29) is 5.54 Å². The lowest BCUT2D eigenvalue weighted by atomic mass is 9.86. The molecule has 0 aromatic carbocycles. The first-order valence-electron chi connectivity index (χ1n) is 7.23. The van der Waals surface area contributed by atoms with E-state index in [1.54, 1.807) is 25.5 Å². The molecule has 7 heteroatoms. The highest BCUT2D eigenvalue weighted by molar-refractivity contribution is 7.86. The van der Waals surface area contributed by atoms with Crippen LogP contribution in [0.3, 0.4) is 0 Å². The second-order valence-electron chi connectivity index (χ2n) is 6.17. The lowest BCUT2D eigenvalue weighted by Crippen LogP contribution is -2.55. The Kier molecular flexibility index (Phi) is 4.76. The van der Waals surface area contributed by atoms with Gasteiger partial charge < -0.3 is 4.74 Å². The first-order chi connectivity index (χ1) is 9.33. The number of piperidine rings is 1. The van der Waals surface area contributed by atoms with Crippen molar-refractivity contribution in [1.82, 2.24) is 13.5 Å². The molecule has 2 aliphatic heterocycles. The lowest BCUT2D eigenvalue weighted by Gasteiger charge is -2.44. The molecule has 1 atom stereocenters. The van der Waals surface area contributed by atoms with E-state index in [4.69, 9.17) is 4.74 Å². The van der Waals surface area contributed by atoms with E-state index in [2.05, 4.69) is 11.9 Å². The van der Waals surface area contributed by atoms with E-state index in [0.29, 0.717) is 19.1 Å². The molecule has 0 bridgehead atoms. The van der Waals surface area contributed by atoms with Gasteiger partial charge in [0.2, 0.25) is 0 Å². The van der Waals surface area contributed by atoms with Gasteiger partial charge in [0, 0.05) is 45.9 Å². The molecular weight excluding hydrogens is 278 g/mol. The fraction of sp³-hybridized carbons (Fsp3) is 1.00. The molecule has 20 heavy (non-hydrogen) atoms. The van der Waals surface area contributed by atoms with Crippen LogP contribution in [-0.4, -0.2) is 81.5 Å². The number of hydrogen-bond donors (Lipinski definition) is 0. The molecule has 0 aromatic heterocycles. The fourth-order valence-electron chi connectivity index (χ4n) is 3.55. The highest BCUT2D eigenvalue weighted by Gasteiger charge is 2.47. The van der Waals surface area contributed by atoms with Gasteiger partial charge in [-0.3, -0.25) is 4.90 Å². The van der Waals surface area contributed by atoms with Gasteiger partial charge in [0.25, 0.3) is 10.2 Å². The van der Waals surface area contributed by atoms with Crippen LogP contribution in [-0.2, 0) is 14.9 Å². The van der Waals surface area contributed by atoms with Gasteiger partial charge in [-0.2, -0.15) is 17.0 Å². The molecular formula is C13H27N3O3S. The van der Waals surface area contributed by atoms with Gasteiger partial charge in [-0.25, -0.2) is 0 Å². The Balaban J connectivity index is 2.01. The van der Waals surface area contributed by atoms with Crippen molar-refractivity contribution in [2.45, 2.75) is 37.3 Å². The van der Waals surface area contributed by atoms with Crippen molar-refractivity contribution in [3.63, 3.8) is 0 Å². The van der Waals surface area contributed by atoms with Crippen LogP contribution >= 0.6 is 0 Å². The van der Waals surface area contributed by atoms with Gasteiger partial charge in [0.05, 0.1) is 6.61 Å². The zero-order valence-electron chi connectivity index (χ0n) is 13.0. The summed E-state index contributed by atoms with van der Waals surface area (Å²) in [4.78, 5) is 2.43. The summed E-state index contributed by atoms with van der Waals surface area (Å²) in [5.41, 5.74) is 0.168. The van der Waals surface area contributed by atoms with Gasteiger partial charge in [-0.1, -0.05) is 0 Å². The normalized spacial score (nSPS) is 28.6. The summed E-state index contributed by atoms with van der Waals surface area (Å²) in [7, 11) is 3.82. The molecule has 1 spiro atoms. The van der Waals surface area contributed by atoms with Crippen molar-refractivity contribution >= 4 is 10.2 Å². The number of likely N-dealkylation sites (N-methyl/N-ethyl adjacent to an activating group) is 1. The molecule has 0 radical (unpaired) electrons. The van der Waals surface area contributed by atoms with Crippen LogP contribution in [0.2, 0.25) is 0 Å². The maximum Gasteiger partial charge on any atom is 0.281 e. The summed E-state index contributed by atoms with van der Waals surface area (Å²) >= 11 is 0. The summed E-state index contributed by atoms with van der Waals surface area (Å²) in [5.74, 6) is 0. The van der Waals surface area contributed by atoms with E-state index in [9.17, 15) is 8.42 Å². The first-order valence-corrected chi connectivity index (χ1v) is 8.63. The fourth-order valence-corrected chi connectivity index (χ4v) is 4.65. The van der Waals surface area contributed by atoms with Gasteiger partial charge in [-0.15, -0.1) is 0 Å². The third-order valence-corrected chi connectivity index (χ3v) is 6.98. The summed E-state index contributed by atoms with van der Waals surface area (Å²) < 4.78 is 32.5. The molecule has 0 unspecified atom stereocenters. The van der Waals surface area contributed by atoms with Gasteiger partial charge in [-0.05, 0) is 32.7 Å². The Morgan fingerprint density at radius 2 is 1.85 bits per heavy atom. The maximum atomic E-state index is 12.2. The lowest BCUT2D eigenvalue weighted by molar-refractivity contribution is 0.0447. The Bertz CT molecular complexity index is 430. The third-order valence-electron chi connectivity index (χ3n) is 5.04. The highest BCUT2D eigenvalue weighted by atomic mass is 32.2. The van der Waals surface area contributed by atoms with Gasteiger partial charge in [0.15, 0.2) is 0 Å². The minimum absolute atomic E-state index is 0.168. The van der Waals surface area contributed by atoms with Crippen molar-refractivity contribution in [3.05, 3.63) is 0 Å². The van der Waals surface area contributed by atoms with E-state index >= 15 is 0 Å². The zero-order valence-corrected chi connectivity index (χ0v) is 13.8. The topological polar surface area (TPSA) is 53.1 Å². The predicted octanol–water partition coefficient (Wildman–Crippen LogP) is 0.368. The van der Waals surface area contributed by atoms with Crippen molar-refractivity contribution in [3.8, 4) is 0 Å². The number of hydrogen-bond acceptors (Lipinski definition) is 4. The van der Waals surface area contributed by atoms with Crippen LogP contribution in [0, 0.1) is 0 Å². The summed E-state index contributed by atoms with van der Waals surface area (Å²) in [6.07, 6.45) is 4.12. The number of ether oxygens (including phenoxy) is 1. The van der Waals surface area contributed by atoms with Crippen molar-refractivity contribution in [2.75, 3.05) is 47.9 Å². The Labute approximate surface area is 122 Å². The first kappa shape index (κ1) is 16.2. The third kappa shape index (κ3) is 2.74. The van der Waals surface area contributed by atoms with Crippen LogP contribution in [0.5, 0.6) is 0 Å². The molecule has 2 saturated heterocycles.